The minimum atomic E-state index is -3.11. The first kappa shape index (κ1) is 20.9. The van der Waals surface area contributed by atoms with Gasteiger partial charge in [0.25, 0.3) is 5.91 Å². The summed E-state index contributed by atoms with van der Waals surface area (Å²) in [7, 11) is -3.11. The monoisotopic (exact) mass is 429 g/mol. The van der Waals surface area contributed by atoms with Crippen LogP contribution in [0.1, 0.15) is 21.5 Å². The average Bonchev–Trinajstić information content (AvgIpc) is 2.68. The van der Waals surface area contributed by atoms with E-state index in [0.717, 1.165) is 5.56 Å². The number of carbonyl (C=O) groups is 1. The molecule has 0 radical (unpaired) electrons. The van der Waals surface area contributed by atoms with Gasteiger partial charge in [-0.1, -0.05) is 35.9 Å². The fourth-order valence-corrected chi connectivity index (χ4v) is 3.56. The minimum Gasteiger partial charge on any atom is -0.489 e. The molecule has 0 saturated carbocycles. The third kappa shape index (κ3) is 6.62. The molecule has 150 valence electrons. The lowest BCUT2D eigenvalue weighted by molar-refractivity contribution is 0.102. The van der Waals surface area contributed by atoms with Crippen LogP contribution in [0.5, 0.6) is 5.75 Å². The van der Waals surface area contributed by atoms with Crippen LogP contribution in [0.15, 0.2) is 72.8 Å². The second-order valence-electron chi connectivity index (χ2n) is 6.66. The van der Waals surface area contributed by atoms with Crippen LogP contribution in [0.25, 0.3) is 0 Å². The molecule has 1 amide bonds. The van der Waals surface area contributed by atoms with Gasteiger partial charge in [-0.05, 0) is 59.7 Å². The summed E-state index contributed by atoms with van der Waals surface area (Å²) >= 11 is 5.87. The van der Waals surface area contributed by atoms with E-state index in [4.69, 9.17) is 16.3 Å². The Morgan fingerprint density at radius 1 is 0.897 bits per heavy atom. The van der Waals surface area contributed by atoms with E-state index < -0.39 is 9.84 Å². The van der Waals surface area contributed by atoms with Crippen molar-refractivity contribution < 1.29 is 17.9 Å². The number of nitrogens with one attached hydrogen (secondary N) is 1. The number of anilines is 1. The molecule has 0 fully saturated rings. The van der Waals surface area contributed by atoms with Gasteiger partial charge in [0, 0.05) is 22.5 Å². The maximum absolute atomic E-state index is 12.4. The first-order valence-electron chi connectivity index (χ1n) is 8.84. The SMILES string of the molecule is CS(=O)(=O)Cc1ccc(C(=O)Nc2ccc(OCc3ccc(Cl)cc3)cc2)cc1. The zero-order valence-corrected chi connectivity index (χ0v) is 17.3. The van der Waals surface area contributed by atoms with Crippen molar-refractivity contribution in [1.82, 2.24) is 0 Å². The standard InChI is InChI=1S/C22H20ClNO4S/c1-29(26,27)15-17-2-6-18(7-3-17)22(25)24-20-10-12-21(13-11-20)28-14-16-4-8-19(23)9-5-16/h2-13H,14-15H2,1H3,(H,24,25). The van der Waals surface area contributed by atoms with Crippen LogP contribution in [0.3, 0.4) is 0 Å². The van der Waals surface area contributed by atoms with Gasteiger partial charge in [0.05, 0.1) is 5.75 Å². The topological polar surface area (TPSA) is 72.5 Å². The van der Waals surface area contributed by atoms with Gasteiger partial charge in [-0.25, -0.2) is 8.42 Å². The lowest BCUT2D eigenvalue weighted by atomic mass is 10.1. The van der Waals surface area contributed by atoms with Gasteiger partial charge in [-0.15, -0.1) is 0 Å². The number of amides is 1. The van der Waals surface area contributed by atoms with Gasteiger partial charge in [0.15, 0.2) is 9.84 Å². The van der Waals surface area contributed by atoms with Crippen molar-refractivity contribution in [3.05, 3.63) is 94.5 Å². The fourth-order valence-electron chi connectivity index (χ4n) is 2.64. The summed E-state index contributed by atoms with van der Waals surface area (Å²) in [5.74, 6) is 0.362. The number of sulfone groups is 1. The predicted molar refractivity (Wildman–Crippen MR) is 115 cm³/mol. The number of ether oxygens (including phenoxy) is 1. The predicted octanol–water partition coefficient (Wildman–Crippen LogP) is 4.72. The average molecular weight is 430 g/mol. The highest BCUT2D eigenvalue weighted by Gasteiger charge is 2.09. The normalized spacial score (nSPS) is 11.1. The number of halogens is 1. The molecule has 3 aromatic rings. The summed E-state index contributed by atoms with van der Waals surface area (Å²) in [5.41, 5.74) is 2.73. The Labute approximate surface area is 175 Å². The molecule has 1 N–H and O–H groups in total. The molecule has 3 rings (SSSR count). The van der Waals surface area contributed by atoms with E-state index in [2.05, 4.69) is 5.32 Å². The smallest absolute Gasteiger partial charge is 0.255 e. The van der Waals surface area contributed by atoms with E-state index in [1.807, 2.05) is 24.3 Å². The van der Waals surface area contributed by atoms with Crippen molar-refractivity contribution in [3.8, 4) is 5.75 Å². The Bertz CT molecular complexity index is 1080. The molecule has 0 aromatic heterocycles. The molecule has 0 aliphatic rings. The molecule has 0 aliphatic heterocycles. The van der Waals surface area contributed by atoms with Crippen molar-refractivity contribution >= 4 is 33.0 Å². The summed E-state index contributed by atoms with van der Waals surface area (Å²) in [4.78, 5) is 12.4. The van der Waals surface area contributed by atoms with Crippen molar-refractivity contribution in [1.29, 1.82) is 0 Å². The largest absolute Gasteiger partial charge is 0.489 e. The van der Waals surface area contributed by atoms with E-state index in [9.17, 15) is 13.2 Å². The summed E-state index contributed by atoms with van der Waals surface area (Å²) in [5, 5.41) is 3.49. The van der Waals surface area contributed by atoms with Crippen LogP contribution in [0, 0.1) is 0 Å². The van der Waals surface area contributed by atoms with Crippen molar-refractivity contribution in [2.75, 3.05) is 11.6 Å². The fraction of sp³-hybridized carbons (Fsp3) is 0.136. The van der Waals surface area contributed by atoms with Crippen molar-refractivity contribution in [2.45, 2.75) is 12.4 Å². The molecular weight excluding hydrogens is 410 g/mol. The van der Waals surface area contributed by atoms with Crippen LogP contribution < -0.4 is 10.1 Å². The molecule has 0 bridgehead atoms. The first-order valence-corrected chi connectivity index (χ1v) is 11.3. The van der Waals surface area contributed by atoms with Gasteiger partial charge in [0.1, 0.15) is 12.4 Å². The molecule has 7 heteroatoms. The van der Waals surface area contributed by atoms with E-state index in [1.165, 1.54) is 6.26 Å². The molecule has 0 unspecified atom stereocenters. The van der Waals surface area contributed by atoms with E-state index in [-0.39, 0.29) is 11.7 Å². The van der Waals surface area contributed by atoms with E-state index >= 15 is 0 Å². The van der Waals surface area contributed by atoms with Gasteiger partial charge in [-0.2, -0.15) is 0 Å². The highest BCUT2D eigenvalue weighted by atomic mass is 35.5. The number of rotatable bonds is 7. The van der Waals surface area contributed by atoms with Crippen molar-refractivity contribution in [2.24, 2.45) is 0 Å². The van der Waals surface area contributed by atoms with Gasteiger partial charge < -0.3 is 10.1 Å². The lowest BCUT2D eigenvalue weighted by Crippen LogP contribution is -2.12. The quantitative estimate of drug-likeness (QED) is 0.590. The summed E-state index contributed by atoms with van der Waals surface area (Å²) in [6.07, 6.45) is 1.18. The first-order chi connectivity index (χ1) is 13.8. The highest BCUT2D eigenvalue weighted by molar-refractivity contribution is 7.89. The number of carbonyl (C=O) groups excluding carboxylic acids is 1. The Morgan fingerprint density at radius 2 is 1.48 bits per heavy atom. The van der Waals surface area contributed by atoms with Gasteiger partial charge in [-0.3, -0.25) is 4.79 Å². The second-order valence-corrected chi connectivity index (χ2v) is 9.24. The van der Waals surface area contributed by atoms with Gasteiger partial charge >= 0.3 is 0 Å². The third-order valence-electron chi connectivity index (χ3n) is 4.08. The molecule has 0 aliphatic carbocycles. The van der Waals surface area contributed by atoms with Gasteiger partial charge in [0.2, 0.25) is 0 Å². The Hall–Kier alpha value is -2.83. The molecule has 3 aromatic carbocycles. The molecule has 5 nitrogen and oxygen atoms in total. The third-order valence-corrected chi connectivity index (χ3v) is 5.19. The maximum Gasteiger partial charge on any atom is 0.255 e. The molecule has 0 saturated heterocycles. The zero-order chi connectivity index (χ0) is 20.9. The highest BCUT2D eigenvalue weighted by Crippen LogP contribution is 2.19. The van der Waals surface area contributed by atoms with E-state index in [1.54, 1.807) is 48.5 Å². The number of hydrogen-bond acceptors (Lipinski definition) is 4. The van der Waals surface area contributed by atoms with Crippen LogP contribution in [0.4, 0.5) is 5.69 Å². The molecule has 0 atom stereocenters. The van der Waals surface area contributed by atoms with Crippen molar-refractivity contribution in [3.63, 3.8) is 0 Å². The summed E-state index contributed by atoms with van der Waals surface area (Å²) in [6.45, 7) is 0.419. The van der Waals surface area contributed by atoms with E-state index in [0.29, 0.717) is 34.2 Å². The molecule has 0 heterocycles. The molecular formula is C22H20ClNO4S. The van der Waals surface area contributed by atoms with Crippen LogP contribution in [0.2, 0.25) is 5.02 Å². The minimum absolute atomic E-state index is 0.0492. The Morgan fingerprint density at radius 3 is 2.07 bits per heavy atom. The summed E-state index contributed by atoms with van der Waals surface area (Å²) in [6, 6.07) is 21.0. The number of hydrogen-bond donors (Lipinski definition) is 1. The Kier molecular flexibility index (Phi) is 6.56. The molecule has 0 spiro atoms. The Balaban J connectivity index is 1.56. The summed E-state index contributed by atoms with van der Waals surface area (Å²) < 4.78 is 28.4. The molecule has 29 heavy (non-hydrogen) atoms. The number of benzene rings is 3. The van der Waals surface area contributed by atoms with Crippen LogP contribution in [-0.2, 0) is 22.2 Å². The second kappa shape index (κ2) is 9.11. The van der Waals surface area contributed by atoms with Crippen LogP contribution >= 0.6 is 11.6 Å². The van der Waals surface area contributed by atoms with Crippen LogP contribution in [-0.4, -0.2) is 20.6 Å². The zero-order valence-electron chi connectivity index (χ0n) is 15.8. The maximum atomic E-state index is 12.4. The lowest BCUT2D eigenvalue weighted by Gasteiger charge is -2.09.